The number of anilines is 1. The molecule has 0 aliphatic heterocycles. The van der Waals surface area contributed by atoms with Gasteiger partial charge in [0.15, 0.2) is 5.13 Å². The molecule has 3 rings (SSSR count). The number of aryl methyl sites for hydroxylation is 1. The molecule has 1 aromatic heterocycles. The predicted octanol–water partition coefficient (Wildman–Crippen LogP) is 4.23. The SMILES string of the molecule is CSc1ccc(CNC(=O)CCc2ccc3nc(NC(C)=O)sc3c2)cc1. The van der Waals surface area contributed by atoms with Crippen molar-refractivity contribution in [3.8, 4) is 0 Å². The Morgan fingerprint density at radius 1 is 1.11 bits per heavy atom. The Balaban J connectivity index is 1.52. The third-order valence-corrected chi connectivity index (χ3v) is 5.70. The van der Waals surface area contributed by atoms with Crippen molar-refractivity contribution in [2.45, 2.75) is 31.2 Å². The number of thioether (sulfide) groups is 1. The first kappa shape index (κ1) is 19.4. The van der Waals surface area contributed by atoms with Crippen molar-refractivity contribution in [3.63, 3.8) is 0 Å². The smallest absolute Gasteiger partial charge is 0.223 e. The number of aromatic nitrogens is 1. The zero-order chi connectivity index (χ0) is 19.2. The van der Waals surface area contributed by atoms with Crippen molar-refractivity contribution in [2.24, 2.45) is 0 Å². The second-order valence-electron chi connectivity index (χ2n) is 6.13. The zero-order valence-electron chi connectivity index (χ0n) is 15.2. The standard InChI is InChI=1S/C20H21N3O2S2/c1-13(24)22-20-23-17-9-5-14(11-18(17)27-20)6-10-19(25)21-12-15-3-7-16(26-2)8-4-15/h3-5,7-9,11H,6,10,12H2,1-2H3,(H,21,25)(H,22,23,24). The molecular formula is C20H21N3O2S2. The van der Waals surface area contributed by atoms with Gasteiger partial charge in [-0.25, -0.2) is 4.98 Å². The van der Waals surface area contributed by atoms with Gasteiger partial charge in [0.1, 0.15) is 0 Å². The van der Waals surface area contributed by atoms with E-state index in [2.05, 4.69) is 27.8 Å². The van der Waals surface area contributed by atoms with Crippen LogP contribution < -0.4 is 10.6 Å². The minimum absolute atomic E-state index is 0.0345. The largest absolute Gasteiger partial charge is 0.352 e. The molecule has 0 bridgehead atoms. The van der Waals surface area contributed by atoms with Gasteiger partial charge in [-0.1, -0.05) is 29.5 Å². The Morgan fingerprint density at radius 3 is 2.56 bits per heavy atom. The van der Waals surface area contributed by atoms with Crippen LogP contribution in [-0.4, -0.2) is 23.1 Å². The van der Waals surface area contributed by atoms with Crippen LogP contribution >= 0.6 is 23.1 Å². The molecule has 0 aliphatic carbocycles. The van der Waals surface area contributed by atoms with Gasteiger partial charge in [-0.3, -0.25) is 9.59 Å². The number of hydrogen-bond acceptors (Lipinski definition) is 5. The maximum Gasteiger partial charge on any atom is 0.223 e. The molecule has 140 valence electrons. The van der Waals surface area contributed by atoms with E-state index in [0.29, 0.717) is 24.5 Å². The fourth-order valence-corrected chi connectivity index (χ4v) is 4.00. The number of nitrogens with zero attached hydrogens (tertiary/aromatic N) is 1. The van der Waals surface area contributed by atoms with Gasteiger partial charge in [0.25, 0.3) is 0 Å². The monoisotopic (exact) mass is 399 g/mol. The first-order valence-electron chi connectivity index (χ1n) is 8.60. The fourth-order valence-electron chi connectivity index (χ4n) is 2.62. The molecule has 0 aliphatic rings. The highest BCUT2D eigenvalue weighted by atomic mass is 32.2. The highest BCUT2D eigenvalue weighted by molar-refractivity contribution is 7.98. The molecule has 0 atom stereocenters. The number of benzene rings is 2. The van der Waals surface area contributed by atoms with E-state index in [1.54, 1.807) is 11.8 Å². The molecule has 0 unspecified atom stereocenters. The summed E-state index contributed by atoms with van der Waals surface area (Å²) in [6, 6.07) is 14.1. The summed E-state index contributed by atoms with van der Waals surface area (Å²) in [5.41, 5.74) is 3.03. The molecule has 27 heavy (non-hydrogen) atoms. The molecule has 5 nitrogen and oxygen atoms in total. The highest BCUT2D eigenvalue weighted by Gasteiger charge is 2.07. The van der Waals surface area contributed by atoms with E-state index in [1.807, 2.05) is 36.6 Å². The van der Waals surface area contributed by atoms with Gasteiger partial charge in [0.2, 0.25) is 11.8 Å². The van der Waals surface area contributed by atoms with Crippen molar-refractivity contribution in [1.82, 2.24) is 10.3 Å². The van der Waals surface area contributed by atoms with Crippen molar-refractivity contribution in [3.05, 3.63) is 53.6 Å². The molecule has 0 saturated carbocycles. The molecule has 2 aromatic carbocycles. The summed E-state index contributed by atoms with van der Waals surface area (Å²) < 4.78 is 1.01. The second kappa shape index (κ2) is 9.01. The van der Waals surface area contributed by atoms with E-state index in [9.17, 15) is 9.59 Å². The highest BCUT2D eigenvalue weighted by Crippen LogP contribution is 2.27. The quantitative estimate of drug-likeness (QED) is 0.584. The average molecular weight is 400 g/mol. The number of thiazole rings is 1. The second-order valence-corrected chi connectivity index (χ2v) is 8.04. The molecule has 3 aromatic rings. The number of hydrogen-bond donors (Lipinski definition) is 2. The minimum Gasteiger partial charge on any atom is -0.352 e. The third kappa shape index (κ3) is 5.55. The van der Waals surface area contributed by atoms with Crippen molar-refractivity contribution in [1.29, 1.82) is 0 Å². The lowest BCUT2D eigenvalue weighted by molar-refractivity contribution is -0.121. The van der Waals surface area contributed by atoms with E-state index in [4.69, 9.17) is 0 Å². The number of nitrogens with one attached hydrogen (secondary N) is 2. The summed E-state index contributed by atoms with van der Waals surface area (Å²) in [6.45, 7) is 2.01. The zero-order valence-corrected chi connectivity index (χ0v) is 16.9. The maximum atomic E-state index is 12.1. The Morgan fingerprint density at radius 2 is 1.85 bits per heavy atom. The summed E-state index contributed by atoms with van der Waals surface area (Å²) in [5.74, 6) is -0.0960. The van der Waals surface area contributed by atoms with E-state index in [1.165, 1.54) is 23.2 Å². The lowest BCUT2D eigenvalue weighted by atomic mass is 10.1. The van der Waals surface area contributed by atoms with Gasteiger partial charge in [-0.05, 0) is 48.1 Å². The van der Waals surface area contributed by atoms with Gasteiger partial charge in [-0.15, -0.1) is 11.8 Å². The number of amides is 2. The van der Waals surface area contributed by atoms with Crippen LogP contribution in [-0.2, 0) is 22.6 Å². The van der Waals surface area contributed by atoms with Gasteiger partial charge in [0.05, 0.1) is 10.2 Å². The molecule has 0 fully saturated rings. The fraction of sp³-hybridized carbons (Fsp3) is 0.250. The maximum absolute atomic E-state index is 12.1. The topological polar surface area (TPSA) is 71.1 Å². The van der Waals surface area contributed by atoms with Gasteiger partial charge in [-0.2, -0.15) is 0 Å². The van der Waals surface area contributed by atoms with Gasteiger partial charge < -0.3 is 10.6 Å². The molecule has 1 heterocycles. The summed E-state index contributed by atoms with van der Waals surface area (Å²) in [4.78, 5) is 28.9. The lowest BCUT2D eigenvalue weighted by Crippen LogP contribution is -2.22. The first-order valence-corrected chi connectivity index (χ1v) is 10.6. The molecule has 0 saturated heterocycles. The van der Waals surface area contributed by atoms with E-state index in [-0.39, 0.29) is 11.8 Å². The average Bonchev–Trinajstić information content (AvgIpc) is 3.05. The van der Waals surface area contributed by atoms with Crippen molar-refractivity contribution >= 4 is 50.3 Å². The van der Waals surface area contributed by atoms with Crippen molar-refractivity contribution in [2.75, 3.05) is 11.6 Å². The summed E-state index contributed by atoms with van der Waals surface area (Å²) >= 11 is 3.14. The molecule has 2 N–H and O–H groups in total. The van der Waals surface area contributed by atoms with Gasteiger partial charge >= 0.3 is 0 Å². The number of carbonyl (C=O) groups is 2. The van der Waals surface area contributed by atoms with Crippen LogP contribution in [0.25, 0.3) is 10.2 Å². The normalized spacial score (nSPS) is 10.7. The Kier molecular flexibility index (Phi) is 6.47. The van der Waals surface area contributed by atoms with Crippen LogP contribution in [0.3, 0.4) is 0 Å². The first-order chi connectivity index (χ1) is 13.0. The molecular weight excluding hydrogens is 378 g/mol. The van der Waals surface area contributed by atoms with Crippen LogP contribution in [0.5, 0.6) is 0 Å². The van der Waals surface area contributed by atoms with E-state index in [0.717, 1.165) is 21.3 Å². The third-order valence-electron chi connectivity index (χ3n) is 4.03. The molecule has 0 radical (unpaired) electrons. The summed E-state index contributed by atoms with van der Waals surface area (Å²) in [7, 11) is 0. The van der Waals surface area contributed by atoms with Crippen LogP contribution in [0.2, 0.25) is 0 Å². The van der Waals surface area contributed by atoms with Gasteiger partial charge in [0, 0.05) is 24.8 Å². The summed E-state index contributed by atoms with van der Waals surface area (Å²) in [6.07, 6.45) is 3.15. The molecule has 7 heteroatoms. The number of carbonyl (C=O) groups excluding carboxylic acids is 2. The van der Waals surface area contributed by atoms with Crippen LogP contribution in [0.4, 0.5) is 5.13 Å². The molecule has 2 amide bonds. The molecule has 0 spiro atoms. The number of fused-ring (bicyclic) bond motifs is 1. The predicted molar refractivity (Wildman–Crippen MR) is 112 cm³/mol. The lowest BCUT2D eigenvalue weighted by Gasteiger charge is -2.06. The van der Waals surface area contributed by atoms with E-state index < -0.39 is 0 Å². The van der Waals surface area contributed by atoms with Crippen molar-refractivity contribution < 1.29 is 9.59 Å². The Labute approximate surface area is 166 Å². The van der Waals surface area contributed by atoms with E-state index >= 15 is 0 Å². The van der Waals surface area contributed by atoms with Crippen LogP contribution in [0.15, 0.2) is 47.4 Å². The Bertz CT molecular complexity index is 952. The number of rotatable bonds is 7. The summed E-state index contributed by atoms with van der Waals surface area (Å²) in [5, 5.41) is 6.27. The Hall–Kier alpha value is -2.38. The van der Waals surface area contributed by atoms with Crippen LogP contribution in [0, 0.1) is 0 Å². The minimum atomic E-state index is -0.131. The van der Waals surface area contributed by atoms with Crippen LogP contribution in [0.1, 0.15) is 24.5 Å².